The standard InChI is InChI=1S/C33H41N11O2.C2HF3O2/c1-22-39-41-44(40-22)27-19-26(29(45)30(27)46)43-21-36-28-31(37-33(38-32(28)43)34-15-18-42-16-9-4-10-17-42)35-20-25(23-11-5-2-6-12-23)24-13-7-3-8-14-24;3-2(4,5)1(6)7/h2-3,5-8,11-14,21,25-27,29-30,45-46H,4,9-10,15-20H2,1H3,(H2,34,35,37,38);(H,6,7)/t26-,27+,29+,30-;/m1./s1. The van der Waals surface area contributed by atoms with Crippen molar-refractivity contribution >= 4 is 28.9 Å². The number of imidazole rings is 1. The van der Waals surface area contributed by atoms with Crippen LogP contribution in [0.25, 0.3) is 11.2 Å². The number of aromatic nitrogens is 8. The summed E-state index contributed by atoms with van der Waals surface area (Å²) >= 11 is 0. The van der Waals surface area contributed by atoms with E-state index in [-0.39, 0.29) is 5.92 Å². The van der Waals surface area contributed by atoms with Crippen LogP contribution in [0.15, 0.2) is 67.0 Å². The fraction of sp³-hybridized carbons (Fsp3) is 0.457. The van der Waals surface area contributed by atoms with Gasteiger partial charge in [-0.1, -0.05) is 67.1 Å². The molecule has 1 saturated carbocycles. The van der Waals surface area contributed by atoms with E-state index in [0.717, 1.165) is 19.6 Å². The molecule has 0 unspecified atom stereocenters. The van der Waals surface area contributed by atoms with E-state index in [0.29, 0.717) is 48.3 Å². The summed E-state index contributed by atoms with van der Waals surface area (Å²) in [6, 6.07) is 19.8. The van der Waals surface area contributed by atoms with Crippen molar-refractivity contribution in [2.24, 2.45) is 0 Å². The van der Waals surface area contributed by atoms with Crippen molar-refractivity contribution in [2.45, 2.75) is 69.0 Å². The van der Waals surface area contributed by atoms with Gasteiger partial charge in [-0.25, -0.2) is 9.78 Å². The number of alkyl halides is 3. The lowest BCUT2D eigenvalue weighted by molar-refractivity contribution is -0.192. The molecular formula is C35H42F3N11O4. The number of benzene rings is 2. The number of likely N-dealkylation sites (tertiary alicyclic amines) is 1. The van der Waals surface area contributed by atoms with Gasteiger partial charge in [0, 0.05) is 25.6 Å². The zero-order valence-electron chi connectivity index (χ0n) is 29.0. The summed E-state index contributed by atoms with van der Waals surface area (Å²) in [5.41, 5.74) is 3.57. The van der Waals surface area contributed by atoms with E-state index in [1.165, 1.54) is 35.2 Å². The van der Waals surface area contributed by atoms with E-state index in [1.54, 1.807) is 13.3 Å². The van der Waals surface area contributed by atoms with Gasteiger partial charge in [0.05, 0.1) is 12.4 Å². The number of nitrogens with one attached hydrogen (secondary N) is 2. The highest BCUT2D eigenvalue weighted by Gasteiger charge is 2.45. The lowest BCUT2D eigenvalue weighted by Gasteiger charge is -2.26. The molecule has 0 radical (unpaired) electrons. The van der Waals surface area contributed by atoms with Crippen LogP contribution in [0.5, 0.6) is 0 Å². The number of aliphatic hydroxyl groups excluding tert-OH is 2. The summed E-state index contributed by atoms with van der Waals surface area (Å²) in [6.45, 7) is 6.18. The van der Waals surface area contributed by atoms with Gasteiger partial charge < -0.3 is 35.4 Å². The molecule has 3 aromatic heterocycles. The number of halogens is 3. The number of carboxylic acids is 1. The summed E-state index contributed by atoms with van der Waals surface area (Å²) in [6.07, 6.45) is -1.40. The van der Waals surface area contributed by atoms with Crippen molar-refractivity contribution in [1.82, 2.24) is 44.6 Å². The molecule has 4 heterocycles. The third-order valence-electron chi connectivity index (χ3n) is 9.50. The number of rotatable bonds is 11. The Morgan fingerprint density at radius 2 is 1.55 bits per heavy atom. The van der Waals surface area contributed by atoms with Crippen LogP contribution in [0, 0.1) is 6.92 Å². The molecular weight excluding hydrogens is 695 g/mol. The molecule has 7 rings (SSSR count). The van der Waals surface area contributed by atoms with Crippen molar-refractivity contribution in [3.05, 3.63) is 83.9 Å². The van der Waals surface area contributed by atoms with Gasteiger partial charge in [-0.2, -0.15) is 27.9 Å². The molecule has 1 saturated heterocycles. The molecule has 5 aromatic rings. The highest BCUT2D eigenvalue weighted by Crippen LogP contribution is 2.39. The van der Waals surface area contributed by atoms with Crippen LogP contribution < -0.4 is 10.6 Å². The average molecular weight is 738 g/mol. The number of hydrogen-bond acceptors (Lipinski definition) is 12. The smallest absolute Gasteiger partial charge is 0.475 e. The summed E-state index contributed by atoms with van der Waals surface area (Å²) in [4.78, 5) is 27.3. The number of carboxylic acid groups (broad SMARTS) is 1. The van der Waals surface area contributed by atoms with Crippen LogP contribution in [-0.2, 0) is 4.79 Å². The largest absolute Gasteiger partial charge is 0.490 e. The van der Waals surface area contributed by atoms with Gasteiger partial charge in [-0.05, 0) is 55.6 Å². The Bertz CT molecular complexity index is 1900. The van der Waals surface area contributed by atoms with E-state index in [2.05, 4.69) is 79.5 Å². The Kier molecular flexibility index (Phi) is 11.8. The molecule has 2 aliphatic rings. The first-order valence-electron chi connectivity index (χ1n) is 17.5. The van der Waals surface area contributed by atoms with E-state index in [4.69, 9.17) is 24.9 Å². The Morgan fingerprint density at radius 1 is 0.925 bits per heavy atom. The number of aliphatic carboxylic acids is 1. The molecule has 2 aromatic carbocycles. The van der Waals surface area contributed by atoms with Gasteiger partial charge in [0.1, 0.15) is 18.2 Å². The maximum Gasteiger partial charge on any atom is 0.490 e. The van der Waals surface area contributed by atoms with Gasteiger partial charge in [0.2, 0.25) is 5.95 Å². The van der Waals surface area contributed by atoms with Crippen molar-refractivity contribution in [3.8, 4) is 0 Å². The summed E-state index contributed by atoms with van der Waals surface area (Å²) < 4.78 is 33.6. The maximum absolute atomic E-state index is 11.2. The Labute approximate surface area is 302 Å². The maximum atomic E-state index is 11.2. The molecule has 282 valence electrons. The second kappa shape index (κ2) is 16.6. The molecule has 0 amide bonds. The van der Waals surface area contributed by atoms with Crippen LogP contribution >= 0.6 is 0 Å². The number of piperidine rings is 1. The predicted octanol–water partition coefficient (Wildman–Crippen LogP) is 3.80. The van der Waals surface area contributed by atoms with Gasteiger partial charge in [-0.3, -0.25) is 0 Å². The third kappa shape index (κ3) is 9.06. The van der Waals surface area contributed by atoms with Gasteiger partial charge >= 0.3 is 12.1 Å². The monoisotopic (exact) mass is 737 g/mol. The van der Waals surface area contributed by atoms with Crippen molar-refractivity contribution in [2.75, 3.05) is 43.4 Å². The topological polar surface area (TPSA) is 192 Å². The molecule has 5 N–H and O–H groups in total. The van der Waals surface area contributed by atoms with Gasteiger partial charge in [-0.15, -0.1) is 10.2 Å². The van der Waals surface area contributed by atoms with E-state index in [9.17, 15) is 23.4 Å². The highest BCUT2D eigenvalue weighted by atomic mass is 19.4. The lowest BCUT2D eigenvalue weighted by Crippen LogP contribution is -2.34. The number of carbonyl (C=O) groups is 1. The lowest BCUT2D eigenvalue weighted by atomic mass is 9.91. The SMILES string of the molecule is Cc1nnn([C@H]2C[C@@H](n3cnc4c(NCC(c5ccccc5)c5ccccc5)nc(NCCN5CCCCC5)nc43)[C@H](O)[C@@H]2O)n1.O=C(O)C(F)(F)F. The molecule has 0 spiro atoms. The Balaban J connectivity index is 0.000000626. The third-order valence-corrected chi connectivity index (χ3v) is 9.50. The number of anilines is 2. The van der Waals surface area contributed by atoms with Crippen LogP contribution in [-0.4, -0.2) is 117 Å². The second-order valence-corrected chi connectivity index (χ2v) is 13.1. The molecule has 1 aliphatic carbocycles. The van der Waals surface area contributed by atoms with E-state index in [1.807, 2.05) is 16.7 Å². The first-order valence-corrected chi connectivity index (χ1v) is 17.5. The number of fused-ring (bicyclic) bond motifs is 1. The van der Waals surface area contributed by atoms with Gasteiger partial charge in [0.15, 0.2) is 22.8 Å². The number of nitrogens with zero attached hydrogens (tertiary/aromatic N) is 9. The fourth-order valence-electron chi connectivity index (χ4n) is 6.80. The Morgan fingerprint density at radius 3 is 2.13 bits per heavy atom. The van der Waals surface area contributed by atoms with Gasteiger partial charge in [0.25, 0.3) is 0 Å². The van der Waals surface area contributed by atoms with Crippen molar-refractivity contribution in [3.63, 3.8) is 0 Å². The first kappa shape index (κ1) is 37.6. The molecule has 4 atom stereocenters. The van der Waals surface area contributed by atoms with Crippen LogP contribution in [0.4, 0.5) is 24.9 Å². The minimum atomic E-state index is -5.08. The molecule has 1 aliphatic heterocycles. The number of aryl methyl sites for hydroxylation is 1. The van der Waals surface area contributed by atoms with E-state index >= 15 is 0 Å². The summed E-state index contributed by atoms with van der Waals surface area (Å²) in [7, 11) is 0. The van der Waals surface area contributed by atoms with Crippen LogP contribution in [0.3, 0.4) is 0 Å². The quantitative estimate of drug-likeness (QED) is 0.132. The highest BCUT2D eigenvalue weighted by molar-refractivity contribution is 5.84. The molecule has 53 heavy (non-hydrogen) atoms. The van der Waals surface area contributed by atoms with Crippen LogP contribution in [0.1, 0.15) is 60.6 Å². The van der Waals surface area contributed by atoms with Crippen molar-refractivity contribution < 1.29 is 33.3 Å². The minimum Gasteiger partial charge on any atom is -0.475 e. The van der Waals surface area contributed by atoms with Crippen molar-refractivity contribution in [1.29, 1.82) is 0 Å². The predicted molar refractivity (Wildman–Crippen MR) is 188 cm³/mol. The molecule has 0 bridgehead atoms. The molecule has 2 fully saturated rings. The zero-order chi connectivity index (χ0) is 37.5. The number of aliphatic hydroxyl groups is 2. The number of hydrogen-bond donors (Lipinski definition) is 5. The first-order chi connectivity index (χ1) is 25.5. The fourth-order valence-corrected chi connectivity index (χ4v) is 6.80. The normalized spacial score (nSPS) is 20.7. The van der Waals surface area contributed by atoms with E-state index < -0.39 is 36.4 Å². The molecule has 15 nitrogen and oxygen atoms in total. The average Bonchev–Trinajstić information content (AvgIpc) is 3.86. The van der Waals surface area contributed by atoms with Crippen LogP contribution in [0.2, 0.25) is 0 Å². The molecule has 18 heteroatoms. The zero-order valence-corrected chi connectivity index (χ0v) is 29.0. The Hall–Kier alpha value is -5.20. The minimum absolute atomic E-state index is 0.0798. The summed E-state index contributed by atoms with van der Waals surface area (Å²) in [5.74, 6) is -1.07. The number of tetrazole rings is 1. The summed E-state index contributed by atoms with van der Waals surface area (Å²) in [5, 5.41) is 48.7. The second-order valence-electron chi connectivity index (χ2n) is 13.1.